The number of nitrogens with zero attached hydrogens (tertiary/aromatic N) is 2. The molecule has 34 heavy (non-hydrogen) atoms. The van der Waals surface area contributed by atoms with E-state index in [0.717, 1.165) is 5.56 Å². The number of ketones is 3. The molecule has 0 radical (unpaired) electrons. The van der Waals surface area contributed by atoms with Crippen molar-refractivity contribution in [1.82, 2.24) is 9.97 Å². The number of carbonyl (C=O) groups is 4. The zero-order valence-corrected chi connectivity index (χ0v) is 19.2. The average molecular weight is 486 g/mol. The summed E-state index contributed by atoms with van der Waals surface area (Å²) < 4.78 is 4.54. The summed E-state index contributed by atoms with van der Waals surface area (Å²) in [5.41, 5.74) is 6.83. The molecule has 2 N–H and O–H groups in total. The van der Waals surface area contributed by atoms with Crippen LogP contribution >= 0.6 is 11.6 Å². The number of para-hydroxylation sites is 1. The smallest absolute Gasteiger partial charge is 0.409 e. The van der Waals surface area contributed by atoms with Gasteiger partial charge in [0.25, 0.3) is 0 Å². The Hall–Kier alpha value is -3.91. The van der Waals surface area contributed by atoms with Gasteiger partial charge in [-0.25, -0.2) is 4.79 Å². The van der Waals surface area contributed by atoms with Gasteiger partial charge in [-0.1, -0.05) is 25.6 Å². The second-order valence-electron chi connectivity index (χ2n) is 6.67. The standard InChI is InChI=1S/C10H11NO2.C7H5ClO2.C7H8N2O.CH4/c1-7(12)5-9-3-4-11-10(6-9)8(2)13;8-7(9)10-6-4-2-1-3-5-6;1-5(10)7-4-6(8)2-3-9-7;/h3-4,6H,5H2,1-2H3;1-5H;2-4H,1H3,(H2,8,9);1H4. The fraction of sp³-hybridized carbons (Fsp3) is 0.200. The molecule has 0 unspecified atom stereocenters. The number of halogens is 1. The summed E-state index contributed by atoms with van der Waals surface area (Å²) in [6, 6.07) is 15.3. The zero-order valence-electron chi connectivity index (χ0n) is 18.4. The van der Waals surface area contributed by atoms with Crippen molar-refractivity contribution in [2.24, 2.45) is 0 Å². The Balaban J connectivity index is 0.000000479. The molecule has 0 fully saturated rings. The first kappa shape index (κ1) is 30.1. The summed E-state index contributed by atoms with van der Waals surface area (Å²) >= 11 is 4.95. The Morgan fingerprint density at radius 2 is 1.38 bits per heavy atom. The lowest BCUT2D eigenvalue weighted by Crippen LogP contribution is -2.01. The van der Waals surface area contributed by atoms with Crippen LogP contribution in [0.1, 0.15) is 54.7 Å². The van der Waals surface area contributed by atoms with E-state index in [1.54, 1.807) is 54.7 Å². The predicted molar refractivity (Wildman–Crippen MR) is 132 cm³/mol. The number of hydrogen-bond acceptors (Lipinski definition) is 8. The van der Waals surface area contributed by atoms with Crippen LogP contribution in [-0.4, -0.2) is 32.7 Å². The number of pyridine rings is 2. The van der Waals surface area contributed by atoms with Crippen LogP contribution in [0.25, 0.3) is 0 Å². The van der Waals surface area contributed by atoms with Crippen LogP contribution in [0.4, 0.5) is 10.5 Å². The van der Waals surface area contributed by atoms with Crippen molar-refractivity contribution in [1.29, 1.82) is 0 Å². The van der Waals surface area contributed by atoms with Crippen molar-refractivity contribution in [2.75, 3.05) is 5.73 Å². The van der Waals surface area contributed by atoms with Crippen LogP contribution in [-0.2, 0) is 11.2 Å². The summed E-state index contributed by atoms with van der Waals surface area (Å²) in [7, 11) is 0. The van der Waals surface area contributed by atoms with Crippen molar-refractivity contribution in [3.8, 4) is 5.75 Å². The highest BCUT2D eigenvalue weighted by atomic mass is 35.5. The van der Waals surface area contributed by atoms with Gasteiger partial charge in [0.1, 0.15) is 22.9 Å². The number of nitrogen functional groups attached to an aromatic ring is 1. The number of carbonyl (C=O) groups excluding carboxylic acids is 4. The van der Waals surface area contributed by atoms with Crippen LogP contribution in [0.15, 0.2) is 67.0 Å². The highest BCUT2D eigenvalue weighted by Crippen LogP contribution is 2.09. The molecule has 0 saturated carbocycles. The third kappa shape index (κ3) is 12.8. The van der Waals surface area contributed by atoms with Crippen molar-refractivity contribution in [3.63, 3.8) is 0 Å². The van der Waals surface area contributed by atoms with Gasteiger partial charge in [0, 0.05) is 50.0 Å². The lowest BCUT2D eigenvalue weighted by atomic mass is 10.1. The molecule has 0 aliphatic heterocycles. The molecule has 0 aliphatic carbocycles. The number of ether oxygens (including phenoxy) is 1. The van der Waals surface area contributed by atoms with Crippen LogP contribution in [0.3, 0.4) is 0 Å². The maximum Gasteiger partial charge on any atom is 0.409 e. The number of nitrogens with two attached hydrogens (primary N) is 1. The van der Waals surface area contributed by atoms with Gasteiger partial charge < -0.3 is 10.5 Å². The van der Waals surface area contributed by atoms with E-state index < -0.39 is 5.43 Å². The van der Waals surface area contributed by atoms with E-state index in [1.165, 1.54) is 27.0 Å². The van der Waals surface area contributed by atoms with Crippen LogP contribution in [0.2, 0.25) is 0 Å². The summed E-state index contributed by atoms with van der Waals surface area (Å²) in [6.45, 7) is 4.44. The molecule has 9 heteroatoms. The number of rotatable bonds is 5. The van der Waals surface area contributed by atoms with E-state index in [1.807, 2.05) is 6.07 Å². The normalized spacial score (nSPS) is 9.06. The molecule has 0 aliphatic rings. The topological polar surface area (TPSA) is 129 Å². The molecular weight excluding hydrogens is 458 g/mol. The molecule has 0 spiro atoms. The Morgan fingerprint density at radius 3 is 1.82 bits per heavy atom. The number of aromatic nitrogens is 2. The minimum atomic E-state index is -0.814. The predicted octanol–water partition coefficient (Wildman–Crippen LogP) is 5.34. The van der Waals surface area contributed by atoms with Gasteiger partial charge >= 0.3 is 5.43 Å². The van der Waals surface area contributed by atoms with E-state index >= 15 is 0 Å². The number of benzene rings is 1. The van der Waals surface area contributed by atoms with Gasteiger partial charge in [-0.15, -0.1) is 0 Å². The molecule has 3 rings (SSSR count). The lowest BCUT2D eigenvalue weighted by molar-refractivity contribution is -0.116. The Bertz CT molecular complexity index is 1100. The minimum Gasteiger partial charge on any atom is -0.415 e. The van der Waals surface area contributed by atoms with Crippen LogP contribution < -0.4 is 10.5 Å². The molecule has 0 bridgehead atoms. The Morgan fingerprint density at radius 1 is 0.853 bits per heavy atom. The fourth-order valence-corrected chi connectivity index (χ4v) is 2.37. The summed E-state index contributed by atoms with van der Waals surface area (Å²) in [5, 5.41) is 0. The van der Waals surface area contributed by atoms with Crippen molar-refractivity contribution < 1.29 is 23.9 Å². The molecule has 1 aromatic carbocycles. The summed E-state index contributed by atoms with van der Waals surface area (Å²) in [4.78, 5) is 50.3. The second-order valence-corrected chi connectivity index (χ2v) is 6.98. The molecule has 8 nitrogen and oxygen atoms in total. The third-order valence-corrected chi connectivity index (χ3v) is 3.80. The molecule has 0 atom stereocenters. The highest BCUT2D eigenvalue weighted by Gasteiger charge is 2.03. The maximum absolute atomic E-state index is 10.9. The molecule has 2 heterocycles. The first-order valence-electron chi connectivity index (χ1n) is 9.68. The zero-order chi connectivity index (χ0) is 24.8. The van der Waals surface area contributed by atoms with Gasteiger partial charge in [-0.05, 0) is 48.9 Å². The Kier molecular flexibility index (Phi) is 14.0. The maximum atomic E-state index is 10.9. The van der Waals surface area contributed by atoms with E-state index in [-0.39, 0.29) is 24.8 Å². The van der Waals surface area contributed by atoms with Gasteiger partial charge in [-0.3, -0.25) is 24.4 Å². The number of Topliss-reactive ketones (excluding diaryl/α,β-unsaturated/α-hetero) is 3. The van der Waals surface area contributed by atoms with Crippen molar-refractivity contribution >= 4 is 40.1 Å². The van der Waals surface area contributed by atoms with Gasteiger partial charge in [0.05, 0.1) is 0 Å². The van der Waals surface area contributed by atoms with E-state index in [0.29, 0.717) is 29.2 Å². The van der Waals surface area contributed by atoms with E-state index in [2.05, 4.69) is 14.7 Å². The highest BCUT2D eigenvalue weighted by molar-refractivity contribution is 6.61. The largest absolute Gasteiger partial charge is 0.415 e. The SMILES string of the molecule is C.CC(=O)Cc1ccnc(C(C)=O)c1.CC(=O)c1cc(N)ccn1.O=C(Cl)Oc1ccccc1. The van der Waals surface area contributed by atoms with Crippen LogP contribution in [0.5, 0.6) is 5.75 Å². The second kappa shape index (κ2) is 15.8. The molecule has 3 aromatic rings. The lowest BCUT2D eigenvalue weighted by Gasteiger charge is -1.98. The molecular formula is C25H28ClN3O5. The monoisotopic (exact) mass is 485 g/mol. The first-order valence-corrected chi connectivity index (χ1v) is 10.1. The molecule has 0 saturated heterocycles. The van der Waals surface area contributed by atoms with E-state index in [4.69, 9.17) is 17.3 Å². The Labute approximate surface area is 204 Å². The van der Waals surface area contributed by atoms with Crippen molar-refractivity contribution in [3.05, 3.63) is 83.9 Å². The molecule has 2 aromatic heterocycles. The number of hydrogen-bond donors (Lipinski definition) is 1. The first-order chi connectivity index (χ1) is 15.6. The average Bonchev–Trinajstić information content (AvgIpc) is 2.74. The third-order valence-electron chi connectivity index (χ3n) is 3.72. The van der Waals surface area contributed by atoms with Crippen molar-refractivity contribution in [2.45, 2.75) is 34.6 Å². The molecule has 180 valence electrons. The van der Waals surface area contributed by atoms with Gasteiger partial charge in [-0.2, -0.15) is 0 Å². The quantitative estimate of drug-likeness (QED) is 0.378. The van der Waals surface area contributed by atoms with Gasteiger partial charge in [0.15, 0.2) is 11.6 Å². The molecule has 0 amide bonds. The van der Waals surface area contributed by atoms with Crippen LogP contribution in [0, 0.1) is 0 Å². The number of anilines is 1. The van der Waals surface area contributed by atoms with E-state index in [9.17, 15) is 19.2 Å². The fourth-order valence-electron chi connectivity index (χ4n) is 2.28. The summed E-state index contributed by atoms with van der Waals surface area (Å²) in [6.07, 6.45) is 3.43. The summed E-state index contributed by atoms with van der Waals surface area (Å²) in [5.74, 6) is 0.404. The van der Waals surface area contributed by atoms with Gasteiger partial charge in [0.2, 0.25) is 0 Å². The minimum absolute atomic E-state index is 0.